The number of carbonyl (C=O) groups is 2. The molecule has 0 heterocycles. The first-order chi connectivity index (χ1) is 25.5. The molecule has 2 aromatic carbocycles. The van der Waals surface area contributed by atoms with E-state index in [0.29, 0.717) is 30.5 Å². The predicted molar refractivity (Wildman–Crippen MR) is 200 cm³/mol. The molecule has 1 aliphatic carbocycles. The van der Waals surface area contributed by atoms with Crippen LogP contribution in [0.5, 0.6) is 17.2 Å². The number of halogens is 3. The molecule has 1 fully saturated rings. The van der Waals surface area contributed by atoms with Crippen molar-refractivity contribution >= 4 is 18.5 Å². The Hall–Kier alpha value is -4.81. The Bertz CT molecular complexity index is 1370. The zero-order chi connectivity index (χ0) is 39.7. The lowest BCUT2D eigenvalue weighted by atomic mass is 10.1. The molecule has 0 amide bonds. The lowest BCUT2D eigenvalue weighted by molar-refractivity contribution is -0.757. The molecular weight excluding hydrogens is 695 g/mol. The number of methoxy groups -OCH3 is 1. The Labute approximate surface area is 312 Å². The van der Waals surface area contributed by atoms with Gasteiger partial charge in [0.05, 0.1) is 25.9 Å². The quantitative estimate of drug-likeness (QED) is 0.0344. The van der Waals surface area contributed by atoms with Crippen molar-refractivity contribution < 1.29 is 51.6 Å². The monoisotopic (exact) mass is 751 g/mol. The van der Waals surface area contributed by atoms with Crippen LogP contribution in [0.1, 0.15) is 103 Å². The minimum Gasteiger partial charge on any atom is -0.493 e. The average molecular weight is 752 g/mol. The van der Waals surface area contributed by atoms with Gasteiger partial charge >= 0.3 is 12.1 Å². The summed E-state index contributed by atoms with van der Waals surface area (Å²) in [6.07, 6.45) is 17.6. The molecule has 1 saturated carbocycles. The van der Waals surface area contributed by atoms with Crippen LogP contribution in [-0.4, -0.2) is 44.5 Å². The number of hydrogen-bond acceptors (Lipinski definition) is 9. The fourth-order valence-corrected chi connectivity index (χ4v) is 4.62. The van der Waals surface area contributed by atoms with E-state index in [9.17, 15) is 32.9 Å². The van der Waals surface area contributed by atoms with Gasteiger partial charge in [-0.3, -0.25) is 9.59 Å². The summed E-state index contributed by atoms with van der Waals surface area (Å²) in [6.45, 7) is 8.91. The van der Waals surface area contributed by atoms with Crippen LogP contribution >= 0.6 is 0 Å². The largest absolute Gasteiger partial charge is 0.493 e. The fourth-order valence-electron chi connectivity index (χ4n) is 4.62. The number of hydrogen-bond donors (Lipinski definition) is 0. The molecule has 0 aromatic heterocycles. The van der Waals surface area contributed by atoms with Crippen molar-refractivity contribution in [3.8, 4) is 17.2 Å². The first-order valence-corrected chi connectivity index (χ1v) is 18.0. The maximum atomic E-state index is 12.5. The molecule has 3 rings (SSSR count). The molecule has 0 saturated heterocycles. The third kappa shape index (κ3) is 24.9. The van der Waals surface area contributed by atoms with E-state index in [1.54, 1.807) is 36.4 Å². The Kier molecular flexibility index (Phi) is 28.0. The Balaban J connectivity index is 0.000000839. The zero-order valence-electron chi connectivity index (χ0n) is 31.6. The van der Waals surface area contributed by atoms with Gasteiger partial charge in [0.25, 0.3) is 11.6 Å². The maximum Gasteiger partial charge on any atom is 0.416 e. The highest BCUT2D eigenvalue weighted by Gasteiger charge is 2.30. The molecule has 13 heteroatoms. The van der Waals surface area contributed by atoms with Crippen molar-refractivity contribution in [2.24, 2.45) is 5.92 Å². The van der Waals surface area contributed by atoms with Crippen LogP contribution in [0.25, 0.3) is 6.08 Å². The van der Waals surface area contributed by atoms with E-state index >= 15 is 0 Å². The van der Waals surface area contributed by atoms with E-state index in [1.165, 1.54) is 58.1 Å². The number of allylic oxidation sites excluding steroid dienone is 3. The summed E-state index contributed by atoms with van der Waals surface area (Å²) < 4.78 is 57.7. The second-order valence-corrected chi connectivity index (χ2v) is 11.2. The molecule has 0 atom stereocenters. The highest BCUT2D eigenvalue weighted by atomic mass is 19.4. The topological polar surface area (TPSA) is 123 Å². The molecule has 0 aliphatic heterocycles. The van der Waals surface area contributed by atoms with Gasteiger partial charge in [0, 0.05) is 6.42 Å². The van der Waals surface area contributed by atoms with Crippen LogP contribution in [0.3, 0.4) is 0 Å². The summed E-state index contributed by atoms with van der Waals surface area (Å²) in [4.78, 5) is 35.7. The van der Waals surface area contributed by atoms with Gasteiger partial charge in [-0.05, 0) is 86.9 Å². The molecule has 1 aliphatic rings. The number of nitrogens with zero attached hydrogens (tertiary/aromatic N) is 1. The van der Waals surface area contributed by atoms with Gasteiger partial charge in [0.1, 0.15) is 12.4 Å². The number of carbonyl (C=O) groups excluding carboxylic acids is 2. The molecule has 296 valence electrons. The van der Waals surface area contributed by atoms with Crippen molar-refractivity contribution in [2.45, 2.75) is 98.1 Å². The van der Waals surface area contributed by atoms with Crippen LogP contribution in [0, 0.1) is 16.0 Å². The first kappa shape index (κ1) is 48.2. The van der Waals surface area contributed by atoms with E-state index in [2.05, 4.69) is 43.0 Å². The minimum atomic E-state index is -4.32. The normalized spacial score (nSPS) is 12.5. The molecule has 53 heavy (non-hydrogen) atoms. The summed E-state index contributed by atoms with van der Waals surface area (Å²) in [5.74, 6) is 1.18. The van der Waals surface area contributed by atoms with Gasteiger partial charge in [0.2, 0.25) is 0 Å². The molecule has 10 nitrogen and oxygen atoms in total. The van der Waals surface area contributed by atoms with Gasteiger partial charge in [0.15, 0.2) is 11.5 Å². The summed E-state index contributed by atoms with van der Waals surface area (Å²) in [5.41, 5.74) is 0.0945. The summed E-state index contributed by atoms with van der Waals surface area (Å²) in [6, 6.07) is 9.95. The van der Waals surface area contributed by atoms with Gasteiger partial charge in [-0.1, -0.05) is 89.0 Å². The Morgan fingerprint density at radius 2 is 1.72 bits per heavy atom. The first-order valence-electron chi connectivity index (χ1n) is 18.0. The van der Waals surface area contributed by atoms with Crippen molar-refractivity contribution in [1.29, 1.82) is 0 Å². The second-order valence-electron chi connectivity index (χ2n) is 11.2. The van der Waals surface area contributed by atoms with Crippen molar-refractivity contribution in [1.82, 2.24) is 0 Å². The van der Waals surface area contributed by atoms with Crippen LogP contribution in [0.2, 0.25) is 0 Å². The fraction of sp³-hybridized carbons (Fsp3) is 0.500. The van der Waals surface area contributed by atoms with E-state index < -0.39 is 22.8 Å². The number of benzene rings is 2. The van der Waals surface area contributed by atoms with Crippen molar-refractivity contribution in [2.75, 3.05) is 26.9 Å². The Morgan fingerprint density at radius 1 is 0.981 bits per heavy atom. The second kappa shape index (κ2) is 30.8. The number of esters is 1. The molecule has 0 spiro atoms. The van der Waals surface area contributed by atoms with Crippen LogP contribution in [-0.2, 0) is 25.3 Å². The summed E-state index contributed by atoms with van der Waals surface area (Å²) >= 11 is 0. The van der Waals surface area contributed by atoms with E-state index in [0.717, 1.165) is 24.1 Å². The van der Waals surface area contributed by atoms with Crippen LogP contribution < -0.4 is 14.2 Å². The van der Waals surface area contributed by atoms with E-state index in [4.69, 9.17) is 18.9 Å². The number of ether oxygens (including phenoxy) is 4. The van der Waals surface area contributed by atoms with Gasteiger partial charge in [-0.2, -0.15) is 13.2 Å². The third-order valence-corrected chi connectivity index (χ3v) is 7.22. The molecule has 0 radical (unpaired) electrons. The van der Waals surface area contributed by atoms with Gasteiger partial charge < -0.3 is 23.8 Å². The molecule has 0 N–H and O–H groups in total. The van der Waals surface area contributed by atoms with E-state index in [-0.39, 0.29) is 31.8 Å². The highest BCUT2D eigenvalue weighted by Crippen LogP contribution is 2.31. The van der Waals surface area contributed by atoms with E-state index in [1.807, 2.05) is 13.8 Å². The predicted octanol–water partition coefficient (Wildman–Crippen LogP) is 10.8. The summed E-state index contributed by atoms with van der Waals surface area (Å²) in [5, 5.41) is 9.01. The minimum absolute atomic E-state index is 0.0350. The number of unbranched alkanes of at least 4 members (excludes halogenated alkanes) is 2. The number of rotatable bonds is 19. The van der Waals surface area contributed by atoms with Gasteiger partial charge in [-0.15, -0.1) is 10.1 Å². The lowest BCUT2D eigenvalue weighted by Crippen LogP contribution is -2.08. The standard InChI is InChI=1S/C16H19F3O.C15H17NO8.C7H14.C2H6/c17-16(18,19)14-9-5-10-15(12-14)20-11-4-3-8-13-6-1-2-7-13;1-21-14-10-12(6-7-13(14)23-11-17)4-2-8-22-15(18)5-3-9-24-16(19)20;1-3-5-7-6-4-2;1-2/h3,5,8-10,12-13H,1-2,4,6-7,11H2;2,4,6-7,10-11H,3,5,8-9H2,1H3;3,5H,4,6-7H2,1-2H3;1-2H3/b8-3+;4-2+;5-3-;. The van der Waals surface area contributed by atoms with Gasteiger partial charge in [-0.25, -0.2) is 0 Å². The molecule has 2 aromatic rings. The molecular formula is C40H56F3NO9. The Morgan fingerprint density at radius 3 is 2.34 bits per heavy atom. The zero-order valence-corrected chi connectivity index (χ0v) is 31.6. The number of alkyl halides is 3. The summed E-state index contributed by atoms with van der Waals surface area (Å²) in [7, 11) is 1.45. The maximum absolute atomic E-state index is 12.5. The van der Waals surface area contributed by atoms with Crippen molar-refractivity contribution in [3.63, 3.8) is 0 Å². The lowest BCUT2D eigenvalue weighted by Gasteiger charge is -2.09. The van der Waals surface area contributed by atoms with Crippen molar-refractivity contribution in [3.05, 3.63) is 94.1 Å². The highest BCUT2D eigenvalue weighted by molar-refractivity contribution is 5.69. The van der Waals surface area contributed by atoms with Crippen LogP contribution in [0.4, 0.5) is 13.2 Å². The molecule has 0 bridgehead atoms. The SMILES string of the molecule is C/C=C\CCCC.CC.COc1cc(/C=C/COC(=O)CCCO[N+](=O)[O-])ccc1OC=O.FC(F)(F)c1cccc(OCC/C=C/C2CCCC2)c1. The average Bonchev–Trinajstić information content (AvgIpc) is 3.67. The molecule has 0 unspecified atom stereocenters. The van der Waals surface area contributed by atoms with Crippen LogP contribution in [0.15, 0.2) is 72.8 Å². The smallest absolute Gasteiger partial charge is 0.416 e. The third-order valence-electron chi connectivity index (χ3n) is 7.22.